The Bertz CT molecular complexity index is 668. The molecule has 0 saturated carbocycles. The Hall–Kier alpha value is -2.28. The van der Waals surface area contributed by atoms with E-state index in [0.29, 0.717) is 18.0 Å². The third kappa shape index (κ3) is 4.09. The molecule has 0 aliphatic rings. The van der Waals surface area contributed by atoms with Crippen molar-refractivity contribution < 1.29 is 4.39 Å². The number of nitrogens with two attached hydrogens (primary N) is 1. The maximum absolute atomic E-state index is 13.3. The number of hydrogen-bond acceptors (Lipinski definition) is 4. The van der Waals surface area contributed by atoms with Crippen LogP contribution in [0.4, 0.5) is 10.3 Å². The highest BCUT2D eigenvalue weighted by Gasteiger charge is 2.06. The molecular weight excluding hydrogens is 271 g/mol. The SMILES string of the molecule is Cc1nc(NC(N)=NCCN(C)C)nc2cc(F)ccc12. The minimum absolute atomic E-state index is 0.243. The van der Waals surface area contributed by atoms with Gasteiger partial charge < -0.3 is 10.6 Å². The number of nitrogens with one attached hydrogen (secondary N) is 1. The Balaban J connectivity index is 2.18. The molecule has 0 aliphatic heterocycles. The molecule has 0 bridgehead atoms. The maximum Gasteiger partial charge on any atom is 0.230 e. The van der Waals surface area contributed by atoms with Gasteiger partial charge in [-0.3, -0.25) is 10.3 Å². The van der Waals surface area contributed by atoms with Gasteiger partial charge >= 0.3 is 0 Å². The lowest BCUT2D eigenvalue weighted by Gasteiger charge is -2.09. The molecule has 3 N–H and O–H groups in total. The summed E-state index contributed by atoms with van der Waals surface area (Å²) in [5.74, 6) is 0.225. The summed E-state index contributed by atoms with van der Waals surface area (Å²) >= 11 is 0. The predicted octanol–water partition coefficient (Wildman–Crippen LogP) is 1.37. The summed E-state index contributed by atoms with van der Waals surface area (Å²) in [6.45, 7) is 3.21. The van der Waals surface area contributed by atoms with Gasteiger partial charge in [0, 0.05) is 18.0 Å². The first-order chi connectivity index (χ1) is 9.95. The van der Waals surface area contributed by atoms with E-state index in [-0.39, 0.29) is 11.8 Å². The Morgan fingerprint density at radius 2 is 2.14 bits per heavy atom. The van der Waals surface area contributed by atoms with Crippen molar-refractivity contribution in [2.45, 2.75) is 6.92 Å². The van der Waals surface area contributed by atoms with Crippen molar-refractivity contribution in [2.75, 3.05) is 32.5 Å². The normalized spacial score (nSPS) is 12.1. The summed E-state index contributed by atoms with van der Waals surface area (Å²) in [6, 6.07) is 4.43. The third-order valence-electron chi connectivity index (χ3n) is 2.92. The van der Waals surface area contributed by atoms with Crippen molar-refractivity contribution in [1.29, 1.82) is 0 Å². The smallest absolute Gasteiger partial charge is 0.230 e. The number of aryl methyl sites for hydroxylation is 1. The van der Waals surface area contributed by atoms with Gasteiger partial charge in [0.25, 0.3) is 0 Å². The molecule has 0 atom stereocenters. The largest absolute Gasteiger partial charge is 0.370 e. The molecule has 0 saturated heterocycles. The molecule has 1 heterocycles. The zero-order valence-corrected chi connectivity index (χ0v) is 12.4. The second kappa shape index (κ2) is 6.45. The van der Waals surface area contributed by atoms with Crippen LogP contribution in [0, 0.1) is 12.7 Å². The van der Waals surface area contributed by atoms with Crippen LogP contribution in [0.1, 0.15) is 5.69 Å². The van der Waals surface area contributed by atoms with Crippen LogP contribution in [0.2, 0.25) is 0 Å². The molecule has 7 heteroatoms. The fourth-order valence-corrected chi connectivity index (χ4v) is 1.84. The van der Waals surface area contributed by atoms with Crippen molar-refractivity contribution in [1.82, 2.24) is 14.9 Å². The summed E-state index contributed by atoms with van der Waals surface area (Å²) in [5.41, 5.74) is 7.07. The second-order valence-electron chi connectivity index (χ2n) is 4.99. The molecule has 0 aliphatic carbocycles. The fraction of sp³-hybridized carbons (Fsp3) is 0.357. The minimum Gasteiger partial charge on any atom is -0.370 e. The molecule has 0 radical (unpaired) electrons. The molecule has 0 fully saturated rings. The van der Waals surface area contributed by atoms with E-state index < -0.39 is 0 Å². The number of likely N-dealkylation sites (N-methyl/N-ethyl adjacent to an activating group) is 1. The summed E-state index contributed by atoms with van der Waals surface area (Å²) in [4.78, 5) is 14.7. The van der Waals surface area contributed by atoms with Crippen molar-refractivity contribution in [3.05, 3.63) is 29.7 Å². The lowest BCUT2D eigenvalue weighted by Crippen LogP contribution is -2.26. The van der Waals surface area contributed by atoms with Gasteiger partial charge in [-0.05, 0) is 33.2 Å². The number of benzene rings is 1. The minimum atomic E-state index is -0.334. The highest BCUT2D eigenvalue weighted by atomic mass is 19.1. The maximum atomic E-state index is 13.3. The number of halogens is 1. The van der Waals surface area contributed by atoms with Gasteiger partial charge in [0.1, 0.15) is 5.82 Å². The average Bonchev–Trinajstić information content (AvgIpc) is 2.37. The van der Waals surface area contributed by atoms with Crippen LogP contribution in [0.15, 0.2) is 23.2 Å². The van der Waals surface area contributed by atoms with Gasteiger partial charge in [-0.15, -0.1) is 0 Å². The molecule has 2 aromatic rings. The van der Waals surface area contributed by atoms with E-state index in [4.69, 9.17) is 5.73 Å². The van der Waals surface area contributed by atoms with E-state index in [9.17, 15) is 4.39 Å². The van der Waals surface area contributed by atoms with E-state index >= 15 is 0 Å². The molecule has 0 unspecified atom stereocenters. The van der Waals surface area contributed by atoms with Gasteiger partial charge in [-0.25, -0.2) is 14.4 Å². The quantitative estimate of drug-likeness (QED) is 0.656. The topological polar surface area (TPSA) is 79.4 Å². The Kier molecular flexibility index (Phi) is 4.64. The van der Waals surface area contributed by atoms with Crippen molar-refractivity contribution >= 4 is 22.8 Å². The van der Waals surface area contributed by atoms with Crippen LogP contribution in [0.3, 0.4) is 0 Å². The van der Waals surface area contributed by atoms with E-state index in [2.05, 4.69) is 20.3 Å². The highest BCUT2D eigenvalue weighted by Crippen LogP contribution is 2.18. The molecule has 0 spiro atoms. The predicted molar refractivity (Wildman–Crippen MR) is 82.9 cm³/mol. The number of guanidine groups is 1. The molecule has 21 heavy (non-hydrogen) atoms. The van der Waals surface area contributed by atoms with E-state index in [1.165, 1.54) is 12.1 Å². The molecular formula is C14H19FN6. The van der Waals surface area contributed by atoms with Gasteiger partial charge in [0.2, 0.25) is 5.95 Å². The van der Waals surface area contributed by atoms with Crippen LogP contribution in [0.5, 0.6) is 0 Å². The number of aromatic nitrogens is 2. The van der Waals surface area contributed by atoms with Gasteiger partial charge in [0.15, 0.2) is 5.96 Å². The van der Waals surface area contributed by atoms with Gasteiger partial charge in [-0.2, -0.15) is 0 Å². The Morgan fingerprint density at radius 3 is 2.86 bits per heavy atom. The summed E-state index contributed by atoms with van der Waals surface area (Å²) in [7, 11) is 3.92. The van der Waals surface area contributed by atoms with Crippen LogP contribution >= 0.6 is 0 Å². The zero-order valence-electron chi connectivity index (χ0n) is 12.4. The first-order valence-corrected chi connectivity index (χ1v) is 6.61. The standard InChI is InChI=1S/C14H19FN6/c1-9-11-5-4-10(15)8-12(11)19-14(18-9)20-13(16)17-6-7-21(2)3/h4-5,8H,6-7H2,1-3H3,(H3,16,17,18,19,20). The number of aliphatic imine (C=N–C) groups is 1. The summed E-state index contributed by atoms with van der Waals surface area (Å²) in [6.07, 6.45) is 0. The van der Waals surface area contributed by atoms with Crippen LogP contribution in [-0.4, -0.2) is 48.0 Å². The fourth-order valence-electron chi connectivity index (χ4n) is 1.84. The molecule has 0 amide bonds. The van der Waals surface area contributed by atoms with Gasteiger partial charge in [0.05, 0.1) is 17.8 Å². The van der Waals surface area contributed by atoms with E-state index in [1.54, 1.807) is 6.07 Å². The molecule has 6 nitrogen and oxygen atoms in total. The zero-order chi connectivity index (χ0) is 15.4. The number of nitrogens with zero attached hydrogens (tertiary/aromatic N) is 4. The van der Waals surface area contributed by atoms with Crippen LogP contribution in [0.25, 0.3) is 10.9 Å². The lowest BCUT2D eigenvalue weighted by atomic mass is 10.2. The number of hydrogen-bond donors (Lipinski definition) is 2. The molecule has 1 aromatic carbocycles. The Labute approximate surface area is 122 Å². The van der Waals surface area contributed by atoms with Crippen LogP contribution in [-0.2, 0) is 0 Å². The number of fused-ring (bicyclic) bond motifs is 1. The first kappa shape index (κ1) is 15.1. The molecule has 1 aromatic heterocycles. The summed E-state index contributed by atoms with van der Waals surface area (Å²) < 4.78 is 13.3. The van der Waals surface area contributed by atoms with Crippen LogP contribution < -0.4 is 11.1 Å². The van der Waals surface area contributed by atoms with E-state index in [1.807, 2.05) is 25.9 Å². The van der Waals surface area contributed by atoms with Crippen molar-refractivity contribution in [3.8, 4) is 0 Å². The highest BCUT2D eigenvalue weighted by molar-refractivity contribution is 5.92. The third-order valence-corrected chi connectivity index (χ3v) is 2.92. The van der Waals surface area contributed by atoms with Crippen molar-refractivity contribution in [2.24, 2.45) is 10.7 Å². The molecule has 2 rings (SSSR count). The second-order valence-corrected chi connectivity index (χ2v) is 4.99. The average molecular weight is 290 g/mol. The first-order valence-electron chi connectivity index (χ1n) is 6.61. The Morgan fingerprint density at radius 1 is 1.38 bits per heavy atom. The monoisotopic (exact) mass is 290 g/mol. The number of rotatable bonds is 4. The summed E-state index contributed by atoms with van der Waals surface area (Å²) in [5, 5.41) is 3.64. The number of anilines is 1. The van der Waals surface area contributed by atoms with E-state index in [0.717, 1.165) is 17.6 Å². The van der Waals surface area contributed by atoms with Crippen molar-refractivity contribution in [3.63, 3.8) is 0 Å². The lowest BCUT2D eigenvalue weighted by molar-refractivity contribution is 0.420. The van der Waals surface area contributed by atoms with Gasteiger partial charge in [-0.1, -0.05) is 0 Å². The molecule has 112 valence electrons.